The van der Waals surface area contributed by atoms with Gasteiger partial charge in [0.1, 0.15) is 5.71 Å². The van der Waals surface area contributed by atoms with E-state index in [1.165, 1.54) is 14.0 Å². The van der Waals surface area contributed by atoms with Crippen molar-refractivity contribution in [3.63, 3.8) is 0 Å². The molecule has 1 unspecified atom stereocenters. The lowest BCUT2D eigenvalue weighted by atomic mass is 10.2. The third-order valence-electron chi connectivity index (χ3n) is 3.41. The molecule has 0 saturated heterocycles. The van der Waals surface area contributed by atoms with Crippen molar-refractivity contribution in [2.75, 3.05) is 7.05 Å². The number of ether oxygens (including phenoxy) is 1. The molecular formula is C16H19N3O4. The number of amides is 2. The summed E-state index contributed by atoms with van der Waals surface area (Å²) >= 11 is 0. The van der Waals surface area contributed by atoms with Gasteiger partial charge in [0.05, 0.1) is 0 Å². The Morgan fingerprint density at radius 1 is 1.30 bits per heavy atom. The highest BCUT2D eigenvalue weighted by Crippen LogP contribution is 2.09. The molecule has 1 aromatic carbocycles. The molecule has 0 saturated carbocycles. The van der Waals surface area contributed by atoms with E-state index < -0.39 is 12.1 Å². The summed E-state index contributed by atoms with van der Waals surface area (Å²) in [5.41, 5.74) is 1.10. The second-order valence-electron chi connectivity index (χ2n) is 5.21. The molecule has 23 heavy (non-hydrogen) atoms. The fourth-order valence-corrected chi connectivity index (χ4v) is 2.03. The Kier molecular flexibility index (Phi) is 5.46. The number of hydrogen-bond acceptors (Lipinski definition) is 5. The molecular weight excluding hydrogens is 298 g/mol. The first kappa shape index (κ1) is 16.7. The van der Waals surface area contributed by atoms with Crippen molar-refractivity contribution in [2.24, 2.45) is 5.10 Å². The molecule has 0 radical (unpaired) electrons. The highest BCUT2D eigenvalue weighted by atomic mass is 16.5. The van der Waals surface area contributed by atoms with Crippen LogP contribution in [-0.2, 0) is 25.7 Å². The van der Waals surface area contributed by atoms with Crippen LogP contribution in [0.2, 0.25) is 0 Å². The van der Waals surface area contributed by atoms with Gasteiger partial charge in [-0.15, -0.1) is 0 Å². The van der Waals surface area contributed by atoms with Crippen molar-refractivity contribution in [1.29, 1.82) is 0 Å². The molecule has 2 amide bonds. The van der Waals surface area contributed by atoms with E-state index >= 15 is 0 Å². The minimum Gasteiger partial charge on any atom is -0.448 e. The van der Waals surface area contributed by atoms with Crippen LogP contribution in [0.25, 0.3) is 0 Å². The van der Waals surface area contributed by atoms with Crippen LogP contribution < -0.4 is 5.32 Å². The van der Waals surface area contributed by atoms with E-state index in [4.69, 9.17) is 4.74 Å². The number of hydrogen-bond donors (Lipinski definition) is 1. The SMILES string of the molecule is CC(OC(=O)C1=NN(C)C(=O)CC1)C(=O)NCc1ccccc1. The van der Waals surface area contributed by atoms with E-state index in [-0.39, 0.29) is 30.4 Å². The molecule has 0 bridgehead atoms. The molecule has 0 spiro atoms. The highest BCUT2D eigenvalue weighted by molar-refractivity contribution is 6.37. The van der Waals surface area contributed by atoms with Gasteiger partial charge in [0.15, 0.2) is 6.10 Å². The van der Waals surface area contributed by atoms with Crippen LogP contribution in [0.4, 0.5) is 0 Å². The number of carbonyl (C=O) groups excluding carboxylic acids is 3. The van der Waals surface area contributed by atoms with Crippen molar-refractivity contribution >= 4 is 23.5 Å². The Morgan fingerprint density at radius 2 is 2.00 bits per heavy atom. The van der Waals surface area contributed by atoms with Gasteiger partial charge in [-0.1, -0.05) is 30.3 Å². The Labute approximate surface area is 134 Å². The van der Waals surface area contributed by atoms with E-state index in [2.05, 4.69) is 10.4 Å². The Morgan fingerprint density at radius 3 is 2.65 bits per heavy atom. The molecule has 1 aliphatic rings. The van der Waals surface area contributed by atoms with E-state index in [1.807, 2.05) is 30.3 Å². The molecule has 1 aromatic rings. The van der Waals surface area contributed by atoms with Crippen LogP contribution in [-0.4, -0.2) is 41.7 Å². The molecule has 0 aliphatic carbocycles. The maximum atomic E-state index is 12.0. The number of nitrogens with one attached hydrogen (secondary N) is 1. The van der Waals surface area contributed by atoms with Crippen molar-refractivity contribution in [3.05, 3.63) is 35.9 Å². The van der Waals surface area contributed by atoms with Gasteiger partial charge in [0.2, 0.25) is 5.91 Å². The first-order valence-electron chi connectivity index (χ1n) is 7.34. The summed E-state index contributed by atoms with van der Waals surface area (Å²) < 4.78 is 5.10. The van der Waals surface area contributed by atoms with Crippen molar-refractivity contribution in [1.82, 2.24) is 10.3 Å². The average molecular weight is 317 g/mol. The molecule has 1 N–H and O–H groups in total. The van der Waals surface area contributed by atoms with Crippen molar-refractivity contribution in [2.45, 2.75) is 32.4 Å². The van der Waals surface area contributed by atoms with Gasteiger partial charge in [-0.05, 0) is 12.5 Å². The minimum atomic E-state index is -0.933. The monoisotopic (exact) mass is 317 g/mol. The van der Waals surface area contributed by atoms with Gasteiger partial charge in [-0.3, -0.25) is 9.59 Å². The van der Waals surface area contributed by atoms with Gasteiger partial charge in [-0.2, -0.15) is 5.10 Å². The first-order valence-corrected chi connectivity index (χ1v) is 7.34. The van der Waals surface area contributed by atoms with Gasteiger partial charge in [0.25, 0.3) is 5.91 Å². The molecule has 122 valence electrons. The van der Waals surface area contributed by atoms with Gasteiger partial charge in [-0.25, -0.2) is 9.80 Å². The second kappa shape index (κ2) is 7.53. The van der Waals surface area contributed by atoms with E-state index in [1.54, 1.807) is 0 Å². The van der Waals surface area contributed by atoms with E-state index in [0.717, 1.165) is 10.6 Å². The summed E-state index contributed by atoms with van der Waals surface area (Å²) in [6, 6.07) is 9.43. The Balaban J connectivity index is 1.84. The topological polar surface area (TPSA) is 88.1 Å². The fourth-order valence-electron chi connectivity index (χ4n) is 2.03. The van der Waals surface area contributed by atoms with Gasteiger partial charge >= 0.3 is 5.97 Å². The molecule has 0 aromatic heterocycles. The summed E-state index contributed by atoms with van der Waals surface area (Å²) in [7, 11) is 1.48. The van der Waals surface area contributed by atoms with Crippen LogP contribution in [0.15, 0.2) is 35.4 Å². The smallest absolute Gasteiger partial charge is 0.355 e. The molecule has 1 atom stereocenters. The van der Waals surface area contributed by atoms with Crippen LogP contribution in [0.3, 0.4) is 0 Å². The summed E-state index contributed by atoms with van der Waals surface area (Å²) in [6.07, 6.45) is -0.504. The molecule has 7 heteroatoms. The molecule has 2 rings (SSSR count). The minimum absolute atomic E-state index is 0.148. The maximum Gasteiger partial charge on any atom is 0.355 e. The molecule has 7 nitrogen and oxygen atoms in total. The lowest BCUT2D eigenvalue weighted by Crippen LogP contribution is -2.38. The Hall–Kier alpha value is -2.70. The van der Waals surface area contributed by atoms with E-state index in [9.17, 15) is 14.4 Å². The van der Waals surface area contributed by atoms with Crippen LogP contribution in [0.5, 0.6) is 0 Å². The van der Waals surface area contributed by atoms with E-state index in [0.29, 0.717) is 6.54 Å². The Bertz CT molecular complexity index is 627. The lowest BCUT2D eigenvalue weighted by Gasteiger charge is -2.20. The first-order chi connectivity index (χ1) is 11.0. The zero-order valence-electron chi connectivity index (χ0n) is 13.1. The number of rotatable bonds is 5. The van der Waals surface area contributed by atoms with Crippen LogP contribution >= 0.6 is 0 Å². The fraction of sp³-hybridized carbons (Fsp3) is 0.375. The quantitative estimate of drug-likeness (QED) is 0.815. The predicted octanol–water partition coefficient (Wildman–Crippen LogP) is 0.843. The van der Waals surface area contributed by atoms with Gasteiger partial charge in [0, 0.05) is 26.4 Å². The highest BCUT2D eigenvalue weighted by Gasteiger charge is 2.26. The molecule has 0 fully saturated rings. The summed E-state index contributed by atoms with van der Waals surface area (Å²) in [5, 5.41) is 7.68. The summed E-state index contributed by atoms with van der Waals surface area (Å²) in [4.78, 5) is 35.2. The zero-order valence-corrected chi connectivity index (χ0v) is 13.1. The molecule has 1 heterocycles. The number of hydrazone groups is 1. The van der Waals surface area contributed by atoms with Crippen LogP contribution in [0, 0.1) is 0 Å². The summed E-state index contributed by atoms with van der Waals surface area (Å²) in [6.45, 7) is 1.86. The lowest BCUT2D eigenvalue weighted by molar-refractivity contribution is -0.149. The largest absolute Gasteiger partial charge is 0.448 e. The zero-order chi connectivity index (χ0) is 16.8. The maximum absolute atomic E-state index is 12.0. The average Bonchev–Trinajstić information content (AvgIpc) is 2.55. The molecule has 1 aliphatic heterocycles. The second-order valence-corrected chi connectivity index (χ2v) is 5.21. The van der Waals surface area contributed by atoms with Gasteiger partial charge < -0.3 is 10.1 Å². The van der Waals surface area contributed by atoms with Crippen molar-refractivity contribution < 1.29 is 19.1 Å². The summed E-state index contributed by atoms with van der Waals surface area (Å²) in [5.74, 6) is -1.22. The third kappa shape index (κ3) is 4.64. The normalized spacial score (nSPS) is 15.7. The third-order valence-corrected chi connectivity index (χ3v) is 3.41. The van der Waals surface area contributed by atoms with Crippen LogP contribution in [0.1, 0.15) is 25.3 Å². The number of carbonyl (C=O) groups is 3. The predicted molar refractivity (Wildman–Crippen MR) is 83.3 cm³/mol. The number of nitrogens with zero attached hydrogens (tertiary/aromatic N) is 2. The number of benzene rings is 1. The standard InChI is InChI=1S/C16H19N3O4/c1-11(15(21)17-10-12-6-4-3-5-7-12)23-16(22)13-8-9-14(20)19(2)18-13/h3-7,11H,8-10H2,1-2H3,(H,17,21). The number of esters is 1. The van der Waals surface area contributed by atoms with Crippen molar-refractivity contribution in [3.8, 4) is 0 Å².